The van der Waals surface area contributed by atoms with Gasteiger partial charge in [-0.2, -0.15) is 0 Å². The molecule has 202 valence electrons. The van der Waals surface area contributed by atoms with Crippen molar-refractivity contribution >= 4 is 11.6 Å². The van der Waals surface area contributed by atoms with Crippen molar-refractivity contribution in [3.05, 3.63) is 83.9 Å². The van der Waals surface area contributed by atoms with Crippen molar-refractivity contribution in [2.45, 2.75) is 74.7 Å². The van der Waals surface area contributed by atoms with Crippen molar-refractivity contribution in [2.24, 2.45) is 0 Å². The van der Waals surface area contributed by atoms with Gasteiger partial charge in [0, 0.05) is 16.7 Å². The summed E-state index contributed by atoms with van der Waals surface area (Å²) < 4.78 is 5.85. The highest BCUT2D eigenvalue weighted by Crippen LogP contribution is 2.29. The van der Waals surface area contributed by atoms with E-state index in [0.29, 0.717) is 17.3 Å². The molecule has 4 aromatic rings. The summed E-state index contributed by atoms with van der Waals surface area (Å²) >= 11 is 0. The molecule has 5 heteroatoms. The SMILES string of the molecule is CC.CC.CC(=O)c1ccc(-c2nnc(-c3ccc(-c4ccc(C(C)(C)C)cc4)cc3)o2)cc1.CC(C)=O. The van der Waals surface area contributed by atoms with E-state index >= 15 is 0 Å². The van der Waals surface area contributed by atoms with Gasteiger partial charge in [0.25, 0.3) is 0 Å². The molecule has 4 rings (SSSR count). The number of rotatable bonds is 4. The van der Waals surface area contributed by atoms with Gasteiger partial charge in [-0.3, -0.25) is 4.79 Å². The summed E-state index contributed by atoms with van der Waals surface area (Å²) in [5, 5.41) is 8.33. The monoisotopic (exact) mass is 514 g/mol. The van der Waals surface area contributed by atoms with Gasteiger partial charge in [-0.05, 0) is 67.1 Å². The van der Waals surface area contributed by atoms with E-state index in [1.165, 1.54) is 25.0 Å². The molecule has 5 nitrogen and oxygen atoms in total. The fourth-order valence-electron chi connectivity index (χ4n) is 3.27. The second-order valence-electron chi connectivity index (χ2n) is 9.36. The van der Waals surface area contributed by atoms with Crippen LogP contribution in [0.4, 0.5) is 0 Å². The third-order valence-electron chi connectivity index (χ3n) is 5.18. The molecular weight excluding hydrogens is 472 g/mol. The van der Waals surface area contributed by atoms with Crippen LogP contribution in [0.2, 0.25) is 0 Å². The number of nitrogens with zero attached hydrogens (tertiary/aromatic N) is 2. The van der Waals surface area contributed by atoms with E-state index < -0.39 is 0 Å². The van der Waals surface area contributed by atoms with E-state index in [4.69, 9.17) is 4.42 Å². The standard InChI is InChI=1S/C26H24N2O2.C3H6O.2C2H6/c1-17(29)18-5-9-21(10-6-18)24-27-28-25(30-24)22-11-7-19(8-12-22)20-13-15-23(16-14-20)26(2,3)4;1-3(2)4;2*1-2/h5-16H,1-4H3;1-2H3;2*1-2H3. The van der Waals surface area contributed by atoms with Crippen LogP contribution in [0.15, 0.2) is 77.2 Å². The number of hydrogen-bond acceptors (Lipinski definition) is 5. The van der Waals surface area contributed by atoms with Crippen LogP contribution >= 0.6 is 0 Å². The van der Waals surface area contributed by atoms with Gasteiger partial charge in [-0.25, -0.2) is 0 Å². The highest BCUT2D eigenvalue weighted by Gasteiger charge is 2.14. The van der Waals surface area contributed by atoms with Gasteiger partial charge in [0.15, 0.2) is 5.78 Å². The molecule has 38 heavy (non-hydrogen) atoms. The Morgan fingerprint density at radius 1 is 0.579 bits per heavy atom. The van der Waals surface area contributed by atoms with Crippen molar-refractivity contribution < 1.29 is 14.0 Å². The third-order valence-corrected chi connectivity index (χ3v) is 5.18. The molecule has 0 spiro atoms. The number of hydrogen-bond donors (Lipinski definition) is 0. The lowest BCUT2D eigenvalue weighted by molar-refractivity contribution is -0.115. The topological polar surface area (TPSA) is 73.1 Å². The maximum atomic E-state index is 11.4. The smallest absolute Gasteiger partial charge is 0.248 e. The number of benzene rings is 3. The molecule has 0 aliphatic carbocycles. The molecule has 0 atom stereocenters. The van der Waals surface area contributed by atoms with Crippen LogP contribution in [0.3, 0.4) is 0 Å². The fourth-order valence-corrected chi connectivity index (χ4v) is 3.27. The van der Waals surface area contributed by atoms with Crippen molar-refractivity contribution in [1.82, 2.24) is 10.2 Å². The summed E-state index contributed by atoms with van der Waals surface area (Å²) in [5.41, 5.74) is 6.08. The second-order valence-corrected chi connectivity index (χ2v) is 9.36. The number of ketones is 2. The number of aromatic nitrogens is 2. The highest BCUT2D eigenvalue weighted by molar-refractivity contribution is 5.94. The number of carbonyl (C=O) groups is 2. The van der Waals surface area contributed by atoms with E-state index in [-0.39, 0.29) is 17.0 Å². The first-order valence-electron chi connectivity index (χ1n) is 13.2. The molecule has 0 aliphatic heterocycles. The summed E-state index contributed by atoms with van der Waals surface area (Å²) in [4.78, 5) is 20.9. The Kier molecular flexibility index (Phi) is 13.0. The highest BCUT2D eigenvalue weighted by atomic mass is 16.4. The second kappa shape index (κ2) is 15.4. The Hall–Kier alpha value is -3.86. The Bertz CT molecular complexity index is 1260. The minimum atomic E-state index is 0.0286. The van der Waals surface area contributed by atoms with E-state index in [9.17, 15) is 9.59 Å². The molecule has 0 unspecified atom stereocenters. The molecule has 0 saturated carbocycles. The zero-order chi connectivity index (χ0) is 28.9. The van der Waals surface area contributed by atoms with Gasteiger partial charge >= 0.3 is 0 Å². The van der Waals surface area contributed by atoms with Crippen molar-refractivity contribution in [3.8, 4) is 34.0 Å². The summed E-state index contributed by atoms with van der Waals surface area (Å²) in [7, 11) is 0. The molecule has 0 bridgehead atoms. The van der Waals surface area contributed by atoms with Gasteiger partial charge in [-0.15, -0.1) is 10.2 Å². The Morgan fingerprint density at radius 3 is 1.24 bits per heavy atom. The maximum Gasteiger partial charge on any atom is 0.248 e. The number of Topliss-reactive ketones (excluding diaryl/α,β-unsaturated/α-hetero) is 2. The predicted octanol–water partition coefficient (Wildman–Crippen LogP) is 9.22. The Balaban J connectivity index is 0.000000811. The first kappa shape index (κ1) is 32.2. The minimum Gasteiger partial charge on any atom is -0.416 e. The molecule has 3 aromatic carbocycles. The summed E-state index contributed by atoms with van der Waals surface area (Å²) in [6, 6.07) is 24.0. The third kappa shape index (κ3) is 9.55. The van der Waals surface area contributed by atoms with E-state index in [1.807, 2.05) is 52.0 Å². The largest absolute Gasteiger partial charge is 0.416 e. The molecule has 0 radical (unpaired) electrons. The predicted molar refractivity (Wildman–Crippen MR) is 158 cm³/mol. The van der Waals surface area contributed by atoms with Crippen LogP contribution in [0, 0.1) is 0 Å². The van der Waals surface area contributed by atoms with Crippen LogP contribution in [0.1, 0.15) is 85.2 Å². The van der Waals surface area contributed by atoms with Crippen LogP contribution in [-0.2, 0) is 10.2 Å². The first-order valence-corrected chi connectivity index (χ1v) is 13.2. The van der Waals surface area contributed by atoms with E-state index in [1.54, 1.807) is 19.1 Å². The summed E-state index contributed by atoms with van der Waals surface area (Å²) in [5.74, 6) is 1.10. The Morgan fingerprint density at radius 2 is 0.895 bits per heavy atom. The van der Waals surface area contributed by atoms with Crippen LogP contribution < -0.4 is 0 Å². The lowest BCUT2D eigenvalue weighted by Gasteiger charge is -2.19. The Labute approximate surface area is 228 Å². The van der Waals surface area contributed by atoms with Crippen molar-refractivity contribution in [3.63, 3.8) is 0 Å². The normalized spacial score (nSPS) is 10.1. The number of carbonyl (C=O) groups excluding carboxylic acids is 2. The molecule has 0 fully saturated rings. The summed E-state index contributed by atoms with van der Waals surface area (Å²) in [6.07, 6.45) is 0. The van der Waals surface area contributed by atoms with Crippen molar-refractivity contribution in [1.29, 1.82) is 0 Å². The molecular formula is C33H42N2O3. The van der Waals surface area contributed by atoms with Gasteiger partial charge in [0.1, 0.15) is 5.78 Å². The van der Waals surface area contributed by atoms with Crippen molar-refractivity contribution in [2.75, 3.05) is 0 Å². The molecule has 0 amide bonds. The molecule has 0 saturated heterocycles. The quantitative estimate of drug-likeness (QED) is 0.254. The lowest BCUT2D eigenvalue weighted by atomic mass is 9.86. The maximum absolute atomic E-state index is 11.4. The lowest BCUT2D eigenvalue weighted by Crippen LogP contribution is -2.10. The summed E-state index contributed by atoms with van der Waals surface area (Å²) in [6.45, 7) is 19.2. The fraction of sp³-hybridized carbons (Fsp3) is 0.333. The average Bonchev–Trinajstić information content (AvgIpc) is 3.41. The van der Waals surface area contributed by atoms with Crippen LogP contribution in [0.25, 0.3) is 34.0 Å². The van der Waals surface area contributed by atoms with Gasteiger partial charge in [0.2, 0.25) is 11.8 Å². The zero-order valence-electron chi connectivity index (χ0n) is 24.5. The molecule has 1 heterocycles. The zero-order valence-corrected chi connectivity index (χ0v) is 24.5. The molecule has 0 aliphatic rings. The van der Waals surface area contributed by atoms with E-state index in [2.05, 4.69) is 67.4 Å². The first-order chi connectivity index (χ1) is 18.0. The van der Waals surface area contributed by atoms with Crippen LogP contribution in [-0.4, -0.2) is 21.8 Å². The molecule has 1 aromatic heterocycles. The van der Waals surface area contributed by atoms with Crippen LogP contribution in [0.5, 0.6) is 0 Å². The molecule has 0 N–H and O–H groups in total. The average molecular weight is 515 g/mol. The van der Waals surface area contributed by atoms with E-state index in [0.717, 1.165) is 16.7 Å². The van der Waals surface area contributed by atoms with Gasteiger partial charge in [0.05, 0.1) is 0 Å². The van der Waals surface area contributed by atoms with Gasteiger partial charge in [-0.1, -0.05) is 97.0 Å². The minimum absolute atomic E-state index is 0.0286. The van der Waals surface area contributed by atoms with Gasteiger partial charge < -0.3 is 9.21 Å².